The van der Waals surface area contributed by atoms with Crippen molar-refractivity contribution in [2.45, 2.75) is 6.42 Å². The van der Waals surface area contributed by atoms with Crippen LogP contribution in [-0.2, 0) is 6.42 Å². The zero-order valence-corrected chi connectivity index (χ0v) is 8.50. The summed E-state index contributed by atoms with van der Waals surface area (Å²) in [4.78, 5) is 12.1. The van der Waals surface area contributed by atoms with Gasteiger partial charge in [-0.05, 0) is 29.2 Å². The van der Waals surface area contributed by atoms with Crippen LogP contribution in [0.4, 0.5) is 4.39 Å². The molecule has 5 heteroatoms. The predicted molar refractivity (Wildman–Crippen MR) is 54.3 cm³/mol. The molecule has 0 unspecified atom stereocenters. The fourth-order valence-corrected chi connectivity index (χ4v) is 1.62. The molecule has 0 spiro atoms. The van der Waals surface area contributed by atoms with E-state index in [2.05, 4.69) is 9.59 Å². The van der Waals surface area contributed by atoms with Crippen LogP contribution in [0.15, 0.2) is 30.5 Å². The average molecular weight is 222 g/mol. The minimum atomic E-state index is -0.300. The molecule has 0 fully saturated rings. The molecule has 2 aromatic rings. The second-order valence-corrected chi connectivity index (χ2v) is 3.79. The van der Waals surface area contributed by atoms with Crippen LogP contribution in [0, 0.1) is 5.82 Å². The third-order valence-corrected chi connectivity index (χ3v) is 2.62. The van der Waals surface area contributed by atoms with E-state index in [1.54, 1.807) is 12.1 Å². The van der Waals surface area contributed by atoms with Crippen LogP contribution in [0.2, 0.25) is 0 Å². The van der Waals surface area contributed by atoms with Gasteiger partial charge in [-0.2, -0.15) is 0 Å². The van der Waals surface area contributed by atoms with Crippen LogP contribution >= 0.6 is 11.5 Å². The van der Waals surface area contributed by atoms with Gasteiger partial charge in [-0.25, -0.2) is 4.39 Å². The second-order valence-electron chi connectivity index (χ2n) is 3.01. The second kappa shape index (κ2) is 4.27. The Morgan fingerprint density at radius 3 is 2.67 bits per heavy atom. The van der Waals surface area contributed by atoms with Crippen LogP contribution in [-0.4, -0.2) is 15.4 Å². The molecule has 0 N–H and O–H groups in total. The van der Waals surface area contributed by atoms with Crippen molar-refractivity contribution in [1.82, 2.24) is 9.59 Å². The zero-order chi connectivity index (χ0) is 10.7. The first kappa shape index (κ1) is 9.92. The van der Waals surface area contributed by atoms with Crippen LogP contribution in [0.5, 0.6) is 0 Å². The summed E-state index contributed by atoms with van der Waals surface area (Å²) in [7, 11) is 0. The summed E-state index contributed by atoms with van der Waals surface area (Å²) in [5.74, 6) is -0.345. The zero-order valence-electron chi connectivity index (χ0n) is 7.68. The maximum atomic E-state index is 12.6. The summed E-state index contributed by atoms with van der Waals surface area (Å²) in [5.41, 5.74) is 0.787. The topological polar surface area (TPSA) is 42.9 Å². The summed E-state index contributed by atoms with van der Waals surface area (Å²) < 4.78 is 16.2. The monoisotopic (exact) mass is 222 g/mol. The standard InChI is InChI=1S/C10H7FN2OS/c11-8-3-1-7(2-4-8)5-9(14)10-6-12-13-15-10/h1-4,6H,5H2. The molecule has 0 bridgehead atoms. The van der Waals surface area contributed by atoms with Crippen molar-refractivity contribution in [1.29, 1.82) is 0 Å². The number of carbonyl (C=O) groups is 1. The van der Waals surface area contributed by atoms with Gasteiger partial charge in [0.1, 0.15) is 10.7 Å². The van der Waals surface area contributed by atoms with Crippen molar-refractivity contribution < 1.29 is 9.18 Å². The third-order valence-electron chi connectivity index (χ3n) is 1.91. The van der Waals surface area contributed by atoms with Crippen molar-refractivity contribution in [3.05, 3.63) is 46.7 Å². The number of halogens is 1. The highest BCUT2D eigenvalue weighted by molar-refractivity contribution is 7.07. The van der Waals surface area contributed by atoms with Gasteiger partial charge < -0.3 is 0 Å². The highest BCUT2D eigenvalue weighted by Crippen LogP contribution is 2.10. The predicted octanol–water partition coefficient (Wildman–Crippen LogP) is 2.10. The van der Waals surface area contributed by atoms with E-state index in [1.165, 1.54) is 18.3 Å². The number of hydrogen-bond donors (Lipinski definition) is 0. The molecule has 0 atom stereocenters. The lowest BCUT2D eigenvalue weighted by Crippen LogP contribution is -2.00. The van der Waals surface area contributed by atoms with E-state index in [0.29, 0.717) is 4.88 Å². The van der Waals surface area contributed by atoms with Gasteiger partial charge in [0.15, 0.2) is 5.78 Å². The van der Waals surface area contributed by atoms with Crippen molar-refractivity contribution in [3.8, 4) is 0 Å². The maximum absolute atomic E-state index is 12.6. The molecular formula is C10H7FN2OS. The van der Waals surface area contributed by atoms with Gasteiger partial charge in [0.25, 0.3) is 0 Å². The van der Waals surface area contributed by atoms with E-state index in [4.69, 9.17) is 0 Å². The maximum Gasteiger partial charge on any atom is 0.180 e. The van der Waals surface area contributed by atoms with Gasteiger partial charge in [-0.1, -0.05) is 16.6 Å². The normalized spacial score (nSPS) is 10.2. The molecule has 2 rings (SSSR count). The minimum absolute atomic E-state index is 0.0448. The van der Waals surface area contributed by atoms with Crippen molar-refractivity contribution in [2.24, 2.45) is 0 Å². The molecule has 15 heavy (non-hydrogen) atoms. The highest BCUT2D eigenvalue weighted by atomic mass is 32.1. The summed E-state index contributed by atoms with van der Waals surface area (Å²) in [6, 6.07) is 5.88. The molecule has 0 aliphatic heterocycles. The van der Waals surface area contributed by atoms with Gasteiger partial charge in [0.05, 0.1) is 6.20 Å². The number of carbonyl (C=O) groups excluding carboxylic acids is 1. The van der Waals surface area contributed by atoms with Gasteiger partial charge in [0.2, 0.25) is 0 Å². The molecule has 0 radical (unpaired) electrons. The van der Waals surface area contributed by atoms with E-state index in [9.17, 15) is 9.18 Å². The fourth-order valence-electron chi connectivity index (χ4n) is 1.16. The molecule has 1 aromatic carbocycles. The third kappa shape index (κ3) is 2.44. The molecule has 76 valence electrons. The quantitative estimate of drug-likeness (QED) is 0.747. The Labute approximate surface area is 89.7 Å². The molecule has 0 saturated heterocycles. The molecule has 1 aromatic heterocycles. The lowest BCUT2D eigenvalue weighted by molar-refractivity contribution is 0.0996. The van der Waals surface area contributed by atoms with Gasteiger partial charge in [-0.3, -0.25) is 4.79 Å². The van der Waals surface area contributed by atoms with Gasteiger partial charge in [-0.15, -0.1) is 5.10 Å². The van der Waals surface area contributed by atoms with Crippen LogP contribution in [0.25, 0.3) is 0 Å². The number of hydrogen-bond acceptors (Lipinski definition) is 4. The Kier molecular flexibility index (Phi) is 2.82. The van der Waals surface area contributed by atoms with Crippen LogP contribution < -0.4 is 0 Å². The first-order valence-corrected chi connectivity index (χ1v) is 5.08. The summed E-state index contributed by atoms with van der Waals surface area (Å²) >= 11 is 1.07. The SMILES string of the molecule is O=C(Cc1ccc(F)cc1)c1cnns1. The van der Waals surface area contributed by atoms with Crippen molar-refractivity contribution >= 4 is 17.3 Å². The number of ketones is 1. The first-order chi connectivity index (χ1) is 7.25. The molecule has 0 saturated carbocycles. The average Bonchev–Trinajstić information content (AvgIpc) is 2.74. The Hall–Kier alpha value is -1.62. The Bertz CT molecular complexity index is 453. The minimum Gasteiger partial charge on any atom is -0.293 e. The molecule has 3 nitrogen and oxygen atoms in total. The van der Waals surface area contributed by atoms with Crippen LogP contribution in [0.3, 0.4) is 0 Å². The van der Waals surface area contributed by atoms with E-state index >= 15 is 0 Å². The lowest BCUT2D eigenvalue weighted by Gasteiger charge is -1.97. The van der Waals surface area contributed by atoms with Gasteiger partial charge >= 0.3 is 0 Å². The number of benzene rings is 1. The Morgan fingerprint density at radius 1 is 1.33 bits per heavy atom. The lowest BCUT2D eigenvalue weighted by atomic mass is 10.1. The number of Topliss-reactive ketones (excluding diaryl/α,β-unsaturated/α-hetero) is 1. The number of aromatic nitrogens is 2. The molecule has 1 heterocycles. The summed E-state index contributed by atoms with van der Waals surface area (Å²) in [6.45, 7) is 0. The highest BCUT2D eigenvalue weighted by Gasteiger charge is 2.09. The molecule has 0 amide bonds. The fraction of sp³-hybridized carbons (Fsp3) is 0.100. The van der Waals surface area contributed by atoms with Crippen molar-refractivity contribution in [3.63, 3.8) is 0 Å². The summed E-state index contributed by atoms with van der Waals surface area (Å²) in [5, 5.41) is 3.59. The molecule has 0 aliphatic rings. The van der Waals surface area contributed by atoms with E-state index in [-0.39, 0.29) is 18.0 Å². The number of nitrogens with zero attached hydrogens (tertiary/aromatic N) is 2. The van der Waals surface area contributed by atoms with E-state index < -0.39 is 0 Å². The smallest absolute Gasteiger partial charge is 0.180 e. The van der Waals surface area contributed by atoms with E-state index in [1.807, 2.05) is 0 Å². The van der Waals surface area contributed by atoms with Gasteiger partial charge in [0, 0.05) is 6.42 Å². The van der Waals surface area contributed by atoms with E-state index in [0.717, 1.165) is 17.1 Å². The first-order valence-electron chi connectivity index (χ1n) is 4.31. The Morgan fingerprint density at radius 2 is 2.07 bits per heavy atom. The largest absolute Gasteiger partial charge is 0.293 e. The number of rotatable bonds is 3. The molecule has 0 aliphatic carbocycles. The van der Waals surface area contributed by atoms with Crippen molar-refractivity contribution in [2.75, 3.05) is 0 Å². The Balaban J connectivity index is 2.09. The molecular weight excluding hydrogens is 215 g/mol. The van der Waals surface area contributed by atoms with Crippen LogP contribution in [0.1, 0.15) is 15.2 Å². The summed E-state index contributed by atoms with van der Waals surface area (Å²) in [6.07, 6.45) is 1.70.